The Balaban J connectivity index is 1.32. The van der Waals surface area contributed by atoms with E-state index in [9.17, 15) is 13.2 Å². The second-order valence-electron chi connectivity index (χ2n) is 10.0. The van der Waals surface area contributed by atoms with Gasteiger partial charge in [0.1, 0.15) is 11.3 Å². The number of rotatable bonds is 4. The highest BCUT2D eigenvalue weighted by molar-refractivity contribution is 5.73. The summed E-state index contributed by atoms with van der Waals surface area (Å²) in [5.74, 6) is -0.882. The Kier molecular flexibility index (Phi) is 5.13. The van der Waals surface area contributed by atoms with Crippen molar-refractivity contribution in [3.63, 3.8) is 0 Å². The molecule has 4 heterocycles. The zero-order valence-corrected chi connectivity index (χ0v) is 19.2. The van der Waals surface area contributed by atoms with E-state index in [0.29, 0.717) is 41.8 Å². The number of alkyl halides is 3. The van der Waals surface area contributed by atoms with Gasteiger partial charge in [0.05, 0.1) is 41.3 Å². The van der Waals surface area contributed by atoms with E-state index in [0.717, 1.165) is 23.4 Å². The van der Waals surface area contributed by atoms with Crippen LogP contribution < -0.4 is 0 Å². The minimum Gasteiger partial charge on any atom is -0.373 e. The van der Waals surface area contributed by atoms with E-state index in [1.165, 1.54) is 12.8 Å². The fourth-order valence-electron chi connectivity index (χ4n) is 5.05. The molecule has 0 N–H and O–H groups in total. The van der Waals surface area contributed by atoms with Gasteiger partial charge >= 0.3 is 6.18 Å². The van der Waals surface area contributed by atoms with Gasteiger partial charge in [-0.25, -0.2) is 19.9 Å². The molecule has 1 aliphatic heterocycles. The van der Waals surface area contributed by atoms with Crippen molar-refractivity contribution in [1.29, 1.82) is 0 Å². The lowest BCUT2D eigenvalue weighted by molar-refractivity contribution is -0.197. The number of fused-ring (bicyclic) bond motifs is 1. The van der Waals surface area contributed by atoms with Crippen molar-refractivity contribution in [2.75, 3.05) is 6.61 Å². The van der Waals surface area contributed by atoms with Crippen molar-refractivity contribution >= 4 is 11.2 Å². The van der Waals surface area contributed by atoms with Gasteiger partial charge in [-0.05, 0) is 52.4 Å². The van der Waals surface area contributed by atoms with Gasteiger partial charge in [-0.3, -0.25) is 4.68 Å². The largest absolute Gasteiger partial charge is 0.391 e. The first-order valence-corrected chi connectivity index (χ1v) is 12.0. The minimum absolute atomic E-state index is 0.0353. The minimum atomic E-state index is -4.17. The monoisotopic (exact) mass is 472 g/mol. The Morgan fingerprint density at radius 3 is 2.44 bits per heavy atom. The maximum Gasteiger partial charge on any atom is 0.391 e. The van der Waals surface area contributed by atoms with Crippen molar-refractivity contribution in [1.82, 2.24) is 29.7 Å². The molecule has 180 valence electrons. The molecule has 0 bridgehead atoms. The maximum atomic E-state index is 13.2. The number of aryl methyl sites for hydroxylation is 2. The summed E-state index contributed by atoms with van der Waals surface area (Å²) in [5, 5.41) is 4.49. The predicted octanol–water partition coefficient (Wildman–Crippen LogP) is 5.26. The molecule has 0 radical (unpaired) electrons. The van der Waals surface area contributed by atoms with E-state index in [2.05, 4.69) is 21.3 Å². The summed E-state index contributed by atoms with van der Waals surface area (Å²) >= 11 is 0. The summed E-state index contributed by atoms with van der Waals surface area (Å²) in [7, 11) is 0. The molecule has 3 aliphatic rings. The van der Waals surface area contributed by atoms with Gasteiger partial charge in [0, 0.05) is 30.2 Å². The number of ether oxygens (including phenoxy) is 1. The van der Waals surface area contributed by atoms with Gasteiger partial charge < -0.3 is 4.74 Å². The lowest BCUT2D eigenvalue weighted by Gasteiger charge is -2.36. The molecule has 1 saturated heterocycles. The molecule has 3 fully saturated rings. The first-order chi connectivity index (χ1) is 16.3. The lowest BCUT2D eigenvalue weighted by Crippen LogP contribution is -2.35. The summed E-state index contributed by atoms with van der Waals surface area (Å²) in [6.07, 6.45) is 3.56. The SMILES string of the molecule is Cc1nc2nc(C3CCOC(c4cnn(C5CC5)c4)C3)nc(C3CC(C(F)(F)F)C3)c2nc1C. The summed E-state index contributed by atoms with van der Waals surface area (Å²) in [6, 6.07) is 0.507. The third-order valence-electron chi connectivity index (χ3n) is 7.54. The van der Waals surface area contributed by atoms with Crippen LogP contribution in [0.1, 0.15) is 91.0 Å². The molecule has 2 unspecified atom stereocenters. The number of hydrogen-bond donors (Lipinski definition) is 0. The average Bonchev–Trinajstić information content (AvgIpc) is 3.49. The van der Waals surface area contributed by atoms with E-state index in [-0.39, 0.29) is 30.8 Å². The molecule has 0 amide bonds. The Morgan fingerprint density at radius 1 is 0.941 bits per heavy atom. The van der Waals surface area contributed by atoms with Gasteiger partial charge in [0.15, 0.2) is 5.65 Å². The van der Waals surface area contributed by atoms with Crippen molar-refractivity contribution in [2.45, 2.75) is 82.5 Å². The van der Waals surface area contributed by atoms with Gasteiger partial charge in [0.25, 0.3) is 0 Å². The number of halogens is 3. The van der Waals surface area contributed by atoms with E-state index < -0.39 is 12.1 Å². The predicted molar refractivity (Wildman–Crippen MR) is 117 cm³/mol. The van der Waals surface area contributed by atoms with Crippen molar-refractivity contribution in [2.24, 2.45) is 5.92 Å². The molecule has 34 heavy (non-hydrogen) atoms. The highest BCUT2D eigenvalue weighted by Crippen LogP contribution is 2.50. The van der Waals surface area contributed by atoms with Crippen molar-refractivity contribution in [3.05, 3.63) is 40.9 Å². The molecule has 10 heteroatoms. The van der Waals surface area contributed by atoms with E-state index in [1.54, 1.807) is 0 Å². The highest BCUT2D eigenvalue weighted by Gasteiger charge is 2.49. The van der Waals surface area contributed by atoms with Gasteiger partial charge in [-0.15, -0.1) is 0 Å². The van der Waals surface area contributed by atoms with Crippen LogP contribution in [0.25, 0.3) is 11.2 Å². The zero-order chi connectivity index (χ0) is 23.6. The fourth-order valence-corrected chi connectivity index (χ4v) is 5.05. The lowest BCUT2D eigenvalue weighted by atomic mass is 9.72. The molecule has 0 aromatic carbocycles. The van der Waals surface area contributed by atoms with Crippen LogP contribution in [0.3, 0.4) is 0 Å². The van der Waals surface area contributed by atoms with Crippen LogP contribution in [0.5, 0.6) is 0 Å². The van der Waals surface area contributed by atoms with Crippen LogP contribution in [0.15, 0.2) is 12.4 Å². The Labute approximate surface area is 195 Å². The van der Waals surface area contributed by atoms with Crippen molar-refractivity contribution < 1.29 is 17.9 Å². The molecule has 3 aromatic rings. The normalized spacial score (nSPS) is 27.7. The second-order valence-corrected chi connectivity index (χ2v) is 10.0. The number of nitrogens with zero attached hydrogens (tertiary/aromatic N) is 6. The van der Waals surface area contributed by atoms with Crippen LogP contribution in [0.2, 0.25) is 0 Å². The summed E-state index contributed by atoms with van der Waals surface area (Å²) in [6.45, 7) is 4.29. The van der Waals surface area contributed by atoms with Gasteiger partial charge in [0.2, 0.25) is 0 Å². The smallest absolute Gasteiger partial charge is 0.373 e. The van der Waals surface area contributed by atoms with Crippen LogP contribution in [-0.2, 0) is 4.74 Å². The molecule has 2 aliphatic carbocycles. The Hall–Kier alpha value is -2.62. The standard InChI is InChI=1S/C24H27F3N6O/c1-12-13(2)30-23-21(29-12)20(15-7-17(8-15)24(25,26)27)31-22(32-23)14-5-6-34-19(9-14)16-10-28-33(11-16)18-3-4-18/h10-11,14-15,17-19H,3-9H2,1-2H3. The number of aromatic nitrogens is 6. The van der Waals surface area contributed by atoms with E-state index in [4.69, 9.17) is 14.7 Å². The molecule has 2 saturated carbocycles. The molecular weight excluding hydrogens is 445 g/mol. The Morgan fingerprint density at radius 2 is 1.71 bits per heavy atom. The van der Waals surface area contributed by atoms with Crippen LogP contribution in [0.4, 0.5) is 13.2 Å². The molecule has 7 nitrogen and oxygen atoms in total. The van der Waals surface area contributed by atoms with Crippen LogP contribution in [-0.4, -0.2) is 42.5 Å². The van der Waals surface area contributed by atoms with Gasteiger partial charge in [-0.1, -0.05) is 0 Å². The quantitative estimate of drug-likeness (QED) is 0.516. The maximum absolute atomic E-state index is 13.2. The van der Waals surface area contributed by atoms with Crippen LogP contribution >= 0.6 is 0 Å². The molecule has 3 aromatic heterocycles. The Bertz CT molecular complexity index is 1230. The van der Waals surface area contributed by atoms with Crippen molar-refractivity contribution in [3.8, 4) is 0 Å². The molecular formula is C24H27F3N6O. The molecule has 6 rings (SSSR count). The second kappa shape index (κ2) is 7.96. The summed E-state index contributed by atoms with van der Waals surface area (Å²) in [5.41, 5.74) is 4.18. The van der Waals surface area contributed by atoms with Gasteiger partial charge in [-0.2, -0.15) is 18.3 Å². The third-order valence-corrected chi connectivity index (χ3v) is 7.54. The molecule has 0 spiro atoms. The highest BCUT2D eigenvalue weighted by atomic mass is 19.4. The zero-order valence-electron chi connectivity index (χ0n) is 19.2. The first-order valence-electron chi connectivity index (χ1n) is 12.0. The average molecular weight is 473 g/mol. The summed E-state index contributed by atoms with van der Waals surface area (Å²) in [4.78, 5) is 18.9. The van der Waals surface area contributed by atoms with E-state index in [1.807, 2.05) is 24.7 Å². The third kappa shape index (κ3) is 3.95. The number of hydrogen-bond acceptors (Lipinski definition) is 6. The van der Waals surface area contributed by atoms with Crippen LogP contribution in [0, 0.1) is 19.8 Å². The topological polar surface area (TPSA) is 78.6 Å². The summed E-state index contributed by atoms with van der Waals surface area (Å²) < 4.78 is 47.6. The molecule has 2 atom stereocenters. The first kappa shape index (κ1) is 21.9. The fraction of sp³-hybridized carbons (Fsp3) is 0.625. The van der Waals surface area contributed by atoms with E-state index >= 15 is 0 Å².